The second-order valence-corrected chi connectivity index (χ2v) is 9.72. The van der Waals surface area contributed by atoms with Crippen molar-refractivity contribution in [1.29, 1.82) is 0 Å². The fraction of sp³-hybridized carbons (Fsp3) is 0.316. The van der Waals surface area contributed by atoms with Crippen LogP contribution in [0.1, 0.15) is 24.8 Å². The number of rotatable bonds is 5. The second kappa shape index (κ2) is 8.73. The molecule has 0 atom stereocenters. The van der Waals surface area contributed by atoms with Crippen molar-refractivity contribution >= 4 is 49.1 Å². The molecule has 3 rings (SSSR count). The maximum Gasteiger partial charge on any atom is 0.243 e. The third-order valence-corrected chi connectivity index (χ3v) is 7.16. The van der Waals surface area contributed by atoms with Gasteiger partial charge in [-0.2, -0.15) is 4.31 Å². The highest BCUT2D eigenvalue weighted by Crippen LogP contribution is 2.26. The lowest BCUT2D eigenvalue weighted by Gasteiger charge is -2.25. The molecule has 0 saturated carbocycles. The molecule has 0 aromatic heterocycles. The van der Waals surface area contributed by atoms with E-state index < -0.39 is 10.0 Å². The van der Waals surface area contributed by atoms with E-state index in [1.807, 2.05) is 0 Å². The van der Waals surface area contributed by atoms with Gasteiger partial charge in [0.15, 0.2) is 0 Å². The molecule has 2 aromatic carbocycles. The van der Waals surface area contributed by atoms with Crippen molar-refractivity contribution < 1.29 is 13.2 Å². The van der Waals surface area contributed by atoms with Crippen LogP contribution in [0.15, 0.2) is 51.8 Å². The van der Waals surface area contributed by atoms with Gasteiger partial charge in [-0.1, -0.05) is 46.1 Å². The first-order valence-electron chi connectivity index (χ1n) is 8.70. The monoisotopic (exact) mass is 470 g/mol. The van der Waals surface area contributed by atoms with E-state index in [1.54, 1.807) is 42.5 Å². The lowest BCUT2D eigenvalue weighted by Crippen LogP contribution is -2.35. The number of hydrogen-bond acceptors (Lipinski definition) is 3. The first-order valence-corrected chi connectivity index (χ1v) is 11.3. The zero-order chi connectivity index (χ0) is 19.4. The molecule has 0 spiro atoms. The molecule has 1 N–H and O–H groups in total. The molecule has 2 aromatic rings. The van der Waals surface area contributed by atoms with Crippen molar-refractivity contribution in [3.05, 3.63) is 57.5 Å². The Morgan fingerprint density at radius 2 is 1.74 bits per heavy atom. The number of benzene rings is 2. The van der Waals surface area contributed by atoms with Crippen LogP contribution in [0.25, 0.3) is 0 Å². The van der Waals surface area contributed by atoms with Gasteiger partial charge in [0, 0.05) is 17.6 Å². The van der Waals surface area contributed by atoms with Gasteiger partial charge in [0.05, 0.1) is 22.0 Å². The van der Waals surface area contributed by atoms with Crippen molar-refractivity contribution in [3.8, 4) is 0 Å². The van der Waals surface area contributed by atoms with Crippen LogP contribution < -0.4 is 5.32 Å². The molecular weight excluding hydrogens is 452 g/mol. The summed E-state index contributed by atoms with van der Waals surface area (Å²) in [4.78, 5) is 12.5. The van der Waals surface area contributed by atoms with Crippen molar-refractivity contribution in [2.24, 2.45) is 0 Å². The van der Waals surface area contributed by atoms with Crippen LogP contribution in [0.3, 0.4) is 0 Å². The SMILES string of the molecule is O=C(Cc1ccc(S(=O)(=O)N2CCCCC2)cc1)Nc1ccc(Br)cc1Cl. The number of nitrogens with one attached hydrogen (secondary N) is 1. The summed E-state index contributed by atoms with van der Waals surface area (Å²) in [6, 6.07) is 11.7. The molecule has 1 aliphatic heterocycles. The summed E-state index contributed by atoms with van der Waals surface area (Å²) < 4.78 is 27.7. The van der Waals surface area contributed by atoms with E-state index in [1.165, 1.54) is 4.31 Å². The zero-order valence-electron chi connectivity index (χ0n) is 14.6. The Kier molecular flexibility index (Phi) is 6.57. The van der Waals surface area contributed by atoms with Gasteiger partial charge in [-0.05, 0) is 48.7 Å². The van der Waals surface area contributed by atoms with Crippen molar-refractivity contribution in [2.75, 3.05) is 18.4 Å². The first kappa shape index (κ1) is 20.3. The van der Waals surface area contributed by atoms with Crippen molar-refractivity contribution in [1.82, 2.24) is 4.31 Å². The van der Waals surface area contributed by atoms with E-state index >= 15 is 0 Å². The third kappa shape index (κ3) is 5.10. The number of piperidine rings is 1. The van der Waals surface area contributed by atoms with Gasteiger partial charge < -0.3 is 5.32 Å². The van der Waals surface area contributed by atoms with Gasteiger partial charge in [0.25, 0.3) is 0 Å². The molecule has 144 valence electrons. The molecule has 27 heavy (non-hydrogen) atoms. The minimum Gasteiger partial charge on any atom is -0.324 e. The second-order valence-electron chi connectivity index (χ2n) is 6.46. The summed E-state index contributed by atoms with van der Waals surface area (Å²) in [6.07, 6.45) is 3.01. The van der Waals surface area contributed by atoms with Crippen LogP contribution in [0.4, 0.5) is 5.69 Å². The Morgan fingerprint density at radius 3 is 2.37 bits per heavy atom. The Morgan fingerprint density at radius 1 is 1.07 bits per heavy atom. The predicted octanol–water partition coefficient (Wildman–Crippen LogP) is 4.46. The highest BCUT2D eigenvalue weighted by atomic mass is 79.9. The fourth-order valence-electron chi connectivity index (χ4n) is 3.00. The van der Waals surface area contributed by atoms with E-state index in [0.29, 0.717) is 23.8 Å². The van der Waals surface area contributed by atoms with Crippen LogP contribution in [0.2, 0.25) is 5.02 Å². The average Bonchev–Trinajstić information content (AvgIpc) is 2.65. The average molecular weight is 472 g/mol. The van der Waals surface area contributed by atoms with Gasteiger partial charge in [-0.3, -0.25) is 4.79 Å². The highest BCUT2D eigenvalue weighted by molar-refractivity contribution is 9.10. The van der Waals surface area contributed by atoms with E-state index in [9.17, 15) is 13.2 Å². The maximum atomic E-state index is 12.7. The Balaban J connectivity index is 1.65. The minimum atomic E-state index is -3.45. The van der Waals surface area contributed by atoms with Gasteiger partial charge in [0.2, 0.25) is 15.9 Å². The Labute approximate surface area is 172 Å². The lowest BCUT2D eigenvalue weighted by molar-refractivity contribution is -0.115. The number of amides is 1. The van der Waals surface area contributed by atoms with Gasteiger partial charge in [-0.15, -0.1) is 0 Å². The van der Waals surface area contributed by atoms with Gasteiger partial charge in [-0.25, -0.2) is 8.42 Å². The molecule has 5 nitrogen and oxygen atoms in total. The van der Waals surface area contributed by atoms with Crippen LogP contribution in [-0.4, -0.2) is 31.7 Å². The summed E-state index contributed by atoms with van der Waals surface area (Å²) in [5, 5.41) is 3.21. The summed E-state index contributed by atoms with van der Waals surface area (Å²) in [5.74, 6) is -0.217. The highest BCUT2D eigenvalue weighted by Gasteiger charge is 2.25. The molecule has 1 saturated heterocycles. The summed E-state index contributed by atoms with van der Waals surface area (Å²) in [6.45, 7) is 1.14. The maximum absolute atomic E-state index is 12.7. The van der Waals surface area contributed by atoms with Crippen molar-refractivity contribution in [3.63, 3.8) is 0 Å². The molecule has 1 heterocycles. The molecule has 1 amide bonds. The normalized spacial score (nSPS) is 15.5. The predicted molar refractivity (Wildman–Crippen MR) is 111 cm³/mol. The molecule has 1 aliphatic rings. The van der Waals surface area contributed by atoms with Gasteiger partial charge >= 0.3 is 0 Å². The smallest absolute Gasteiger partial charge is 0.243 e. The van der Waals surface area contributed by atoms with Crippen LogP contribution in [-0.2, 0) is 21.2 Å². The summed E-state index contributed by atoms with van der Waals surface area (Å²) in [7, 11) is -3.45. The van der Waals surface area contributed by atoms with E-state index in [4.69, 9.17) is 11.6 Å². The molecule has 0 unspecified atom stereocenters. The van der Waals surface area contributed by atoms with Crippen LogP contribution in [0, 0.1) is 0 Å². The number of nitrogens with zero attached hydrogens (tertiary/aromatic N) is 1. The third-order valence-electron chi connectivity index (χ3n) is 4.45. The standard InChI is InChI=1S/C19H20BrClN2O3S/c20-15-6-9-18(17(21)13-15)22-19(24)12-14-4-7-16(8-5-14)27(25,26)23-10-2-1-3-11-23/h4-9,13H,1-3,10-12H2,(H,22,24). The molecule has 1 fully saturated rings. The van der Waals surface area contributed by atoms with Crippen LogP contribution in [0.5, 0.6) is 0 Å². The summed E-state index contributed by atoms with van der Waals surface area (Å²) in [5.41, 5.74) is 1.27. The topological polar surface area (TPSA) is 66.5 Å². The Hall–Kier alpha value is -1.41. The molecule has 0 radical (unpaired) electrons. The van der Waals surface area contributed by atoms with Crippen molar-refractivity contribution in [2.45, 2.75) is 30.6 Å². The number of halogens is 2. The number of hydrogen-bond donors (Lipinski definition) is 1. The van der Waals surface area contributed by atoms with E-state index in [-0.39, 0.29) is 17.2 Å². The molecule has 0 bridgehead atoms. The number of carbonyl (C=O) groups excluding carboxylic acids is 1. The van der Waals surface area contributed by atoms with Gasteiger partial charge in [0.1, 0.15) is 0 Å². The van der Waals surface area contributed by atoms with E-state index in [2.05, 4.69) is 21.2 Å². The number of carbonyl (C=O) groups is 1. The number of sulfonamides is 1. The lowest BCUT2D eigenvalue weighted by atomic mass is 10.1. The molecule has 0 aliphatic carbocycles. The van der Waals surface area contributed by atoms with Crippen LogP contribution >= 0.6 is 27.5 Å². The molecular formula is C19H20BrClN2O3S. The Bertz CT molecular complexity index is 926. The molecule has 8 heteroatoms. The minimum absolute atomic E-state index is 0.135. The zero-order valence-corrected chi connectivity index (χ0v) is 17.8. The summed E-state index contributed by atoms with van der Waals surface area (Å²) >= 11 is 9.42. The fourth-order valence-corrected chi connectivity index (χ4v) is 5.24. The largest absolute Gasteiger partial charge is 0.324 e. The van der Waals surface area contributed by atoms with E-state index in [0.717, 1.165) is 29.3 Å². The first-order chi connectivity index (χ1) is 12.9. The quantitative estimate of drug-likeness (QED) is 0.700. The number of anilines is 1.